The van der Waals surface area contributed by atoms with Crippen molar-refractivity contribution >= 4 is 21.2 Å². The topological polar surface area (TPSA) is 0 Å². The Labute approximate surface area is 56.2 Å². The zero-order valence-corrected chi connectivity index (χ0v) is 6.61. The van der Waals surface area contributed by atoms with Crippen LogP contribution in [0.2, 0.25) is 0 Å². The molecular formula is C6H5AsF. The Kier molecular flexibility index (Phi) is 1.69. The maximum absolute atomic E-state index is 12.1. The van der Waals surface area contributed by atoms with Gasteiger partial charge in [-0.05, 0) is 0 Å². The fourth-order valence-electron chi connectivity index (χ4n) is 0.454. The molecule has 0 fully saturated rings. The molecule has 0 saturated carbocycles. The van der Waals surface area contributed by atoms with E-state index in [0.29, 0.717) is 0 Å². The fourth-order valence-corrected chi connectivity index (χ4v) is 0.963. The summed E-state index contributed by atoms with van der Waals surface area (Å²) in [5.41, 5.74) is 0. The summed E-state index contributed by atoms with van der Waals surface area (Å²) < 4.78 is 13.1. The molecule has 0 aliphatic heterocycles. The molecule has 0 aliphatic carbocycles. The minimum atomic E-state index is -0.271. The van der Waals surface area contributed by atoms with Crippen molar-refractivity contribution in [1.29, 1.82) is 0 Å². The van der Waals surface area contributed by atoms with E-state index in [4.69, 9.17) is 0 Å². The molecule has 0 aromatic heterocycles. The van der Waals surface area contributed by atoms with Gasteiger partial charge in [0.1, 0.15) is 0 Å². The number of rotatable bonds is 0. The average Bonchev–Trinajstić information content (AvgIpc) is 1.64. The van der Waals surface area contributed by atoms with Crippen LogP contribution in [-0.4, -0.2) is 16.9 Å². The van der Waals surface area contributed by atoms with E-state index >= 15 is 0 Å². The summed E-state index contributed by atoms with van der Waals surface area (Å²) in [5.74, 6) is -0.271. The number of hydrogen-bond acceptors (Lipinski definition) is 0. The Morgan fingerprint density at radius 2 is 2.38 bits per heavy atom. The van der Waals surface area contributed by atoms with Gasteiger partial charge >= 0.3 is 55.7 Å². The van der Waals surface area contributed by atoms with Crippen LogP contribution in [0.1, 0.15) is 0 Å². The summed E-state index contributed by atoms with van der Waals surface area (Å²) in [6.45, 7) is 0. The summed E-state index contributed by atoms with van der Waals surface area (Å²) in [6.07, 6.45) is 0. The molecule has 1 radical (unpaired) electrons. The van der Waals surface area contributed by atoms with Crippen LogP contribution in [0.5, 0.6) is 0 Å². The molecule has 8 heavy (non-hydrogen) atoms. The van der Waals surface area contributed by atoms with Gasteiger partial charge in [0.2, 0.25) is 0 Å². The van der Waals surface area contributed by atoms with Crippen molar-refractivity contribution < 1.29 is 4.39 Å². The Hall–Kier alpha value is -0.292. The maximum atomic E-state index is 12.1. The van der Waals surface area contributed by atoms with Gasteiger partial charge in [-0.3, -0.25) is 0 Å². The molecule has 0 amide bonds. The van der Waals surface area contributed by atoms with Gasteiger partial charge in [0, 0.05) is 0 Å². The van der Waals surface area contributed by atoms with Gasteiger partial charge < -0.3 is 0 Å². The first-order valence-electron chi connectivity index (χ1n) is 2.22. The zero-order valence-electron chi connectivity index (χ0n) is 4.19. The summed E-state index contributed by atoms with van der Waals surface area (Å²) in [7, 11) is 0. The molecule has 0 bridgehead atoms. The molecule has 1 aromatic carbocycles. The predicted molar refractivity (Wildman–Crippen MR) is 33.4 cm³/mol. The van der Waals surface area contributed by atoms with Crippen LogP contribution in [0.3, 0.4) is 0 Å². The van der Waals surface area contributed by atoms with Crippen LogP contribution in [-0.2, 0) is 0 Å². The summed E-state index contributed by atoms with van der Waals surface area (Å²) in [4.78, 5) is 0. The monoisotopic (exact) mass is 171 g/mol. The van der Waals surface area contributed by atoms with Crippen molar-refractivity contribution in [3.63, 3.8) is 0 Å². The zero-order chi connectivity index (χ0) is 5.98. The van der Waals surface area contributed by atoms with Crippen molar-refractivity contribution in [2.75, 3.05) is 0 Å². The molecule has 0 nitrogen and oxygen atoms in total. The van der Waals surface area contributed by atoms with E-state index in [1.807, 2.05) is 6.07 Å². The van der Waals surface area contributed by atoms with Gasteiger partial charge in [-0.15, -0.1) is 0 Å². The summed E-state index contributed by atoms with van der Waals surface area (Å²) >= 11 is 1.42. The van der Waals surface area contributed by atoms with E-state index in [1.165, 1.54) is 22.9 Å². The summed E-state index contributed by atoms with van der Waals surface area (Å²) in [5, 5.41) is 0. The predicted octanol–water partition coefficient (Wildman–Crippen LogP) is -0.116. The molecule has 1 atom stereocenters. The van der Waals surface area contributed by atoms with Gasteiger partial charge in [0.05, 0.1) is 0 Å². The molecule has 0 spiro atoms. The minimum absolute atomic E-state index is 0.271. The molecule has 0 N–H and O–H groups in total. The van der Waals surface area contributed by atoms with Gasteiger partial charge in [-0.2, -0.15) is 0 Å². The molecule has 41 valence electrons. The Bertz CT molecular complexity index is 168. The first-order valence-corrected chi connectivity index (χ1v) is 3.43. The van der Waals surface area contributed by atoms with E-state index in [0.717, 1.165) is 4.35 Å². The van der Waals surface area contributed by atoms with Gasteiger partial charge in [-0.25, -0.2) is 0 Å². The first kappa shape index (κ1) is 5.84. The molecule has 1 aromatic rings. The van der Waals surface area contributed by atoms with E-state index in [1.54, 1.807) is 6.07 Å². The third-order valence-electron chi connectivity index (χ3n) is 0.790. The van der Waals surface area contributed by atoms with Crippen molar-refractivity contribution in [1.82, 2.24) is 0 Å². The first-order chi connectivity index (χ1) is 3.79. The van der Waals surface area contributed by atoms with E-state index in [9.17, 15) is 4.39 Å². The van der Waals surface area contributed by atoms with Crippen LogP contribution in [0.15, 0.2) is 18.2 Å². The van der Waals surface area contributed by atoms with E-state index in [-0.39, 0.29) is 5.82 Å². The van der Waals surface area contributed by atoms with Crippen LogP contribution in [0.4, 0.5) is 4.39 Å². The van der Waals surface area contributed by atoms with Crippen molar-refractivity contribution in [2.45, 2.75) is 0 Å². The third-order valence-corrected chi connectivity index (χ3v) is 1.54. The van der Waals surface area contributed by atoms with Crippen LogP contribution in [0, 0.1) is 11.9 Å². The average molecular weight is 171 g/mol. The Balaban J connectivity index is 3.08. The molecule has 0 saturated heterocycles. The standard InChI is InChI=1S/C6H5AsF/c7-5-2-1-3-6(8)4-5/h1-2,4H,7H2. The molecule has 0 heterocycles. The van der Waals surface area contributed by atoms with Crippen LogP contribution in [0.25, 0.3) is 0 Å². The van der Waals surface area contributed by atoms with Gasteiger partial charge in [0.25, 0.3) is 0 Å². The van der Waals surface area contributed by atoms with Crippen molar-refractivity contribution in [3.8, 4) is 0 Å². The number of halogens is 1. The number of hydrogen-bond donors (Lipinski definition) is 0. The van der Waals surface area contributed by atoms with Crippen molar-refractivity contribution in [3.05, 3.63) is 30.1 Å². The normalized spacial score (nSPS) is 9.25. The van der Waals surface area contributed by atoms with Gasteiger partial charge in [0.15, 0.2) is 0 Å². The quantitative estimate of drug-likeness (QED) is 0.477. The summed E-state index contributed by atoms with van der Waals surface area (Å²) in [6, 6.07) is 7.31. The SMILES string of the molecule is Fc1[c]ccc([AsH2])c1. The van der Waals surface area contributed by atoms with Crippen molar-refractivity contribution in [2.24, 2.45) is 0 Å². The Morgan fingerprint density at radius 1 is 1.62 bits per heavy atom. The fraction of sp³-hybridized carbons (Fsp3) is 0. The molecular weight excluding hydrogens is 166 g/mol. The van der Waals surface area contributed by atoms with E-state index in [2.05, 4.69) is 6.07 Å². The number of benzene rings is 1. The molecule has 1 rings (SSSR count). The van der Waals surface area contributed by atoms with E-state index < -0.39 is 0 Å². The second-order valence-electron chi connectivity index (χ2n) is 1.47. The molecule has 1 unspecified atom stereocenters. The second-order valence-corrected chi connectivity index (χ2v) is 2.87. The van der Waals surface area contributed by atoms with Crippen LogP contribution < -0.4 is 4.35 Å². The molecule has 0 aliphatic rings. The van der Waals surface area contributed by atoms with Crippen LogP contribution >= 0.6 is 0 Å². The van der Waals surface area contributed by atoms with Gasteiger partial charge in [-0.1, -0.05) is 0 Å². The Morgan fingerprint density at radius 3 is 2.75 bits per heavy atom. The third kappa shape index (κ3) is 1.34. The molecule has 2 heteroatoms. The second kappa shape index (κ2) is 2.32.